The minimum atomic E-state index is -0.336. The normalized spacial score (nSPS) is 22.6. The summed E-state index contributed by atoms with van der Waals surface area (Å²) in [6, 6.07) is 0. The van der Waals surface area contributed by atoms with Gasteiger partial charge in [-0.05, 0) is 31.1 Å². The molecule has 5 nitrogen and oxygen atoms in total. The Balaban J connectivity index is 2.12. The van der Waals surface area contributed by atoms with E-state index in [1.54, 1.807) is 6.26 Å². The van der Waals surface area contributed by atoms with Gasteiger partial charge < -0.3 is 10.2 Å². The number of allylic oxidation sites excluding steroid dienone is 2. The lowest BCUT2D eigenvalue weighted by Crippen LogP contribution is -2.41. The van der Waals surface area contributed by atoms with Gasteiger partial charge in [0.05, 0.1) is 12.2 Å². The van der Waals surface area contributed by atoms with Crippen molar-refractivity contribution in [3.05, 3.63) is 34.2 Å². The van der Waals surface area contributed by atoms with Crippen molar-refractivity contribution in [3.8, 4) is 0 Å². The Morgan fingerprint density at radius 1 is 1.35 bits per heavy atom. The fourth-order valence-corrected chi connectivity index (χ4v) is 2.78. The van der Waals surface area contributed by atoms with Gasteiger partial charge in [-0.15, -0.1) is 0 Å². The molecule has 1 aliphatic carbocycles. The van der Waals surface area contributed by atoms with Gasteiger partial charge in [0, 0.05) is 29.3 Å². The molecule has 1 atom stereocenters. The minimum Gasteiger partial charge on any atom is -0.464 e. The summed E-state index contributed by atoms with van der Waals surface area (Å²) >= 11 is 0. The van der Waals surface area contributed by atoms with E-state index in [9.17, 15) is 9.59 Å². The van der Waals surface area contributed by atoms with Crippen molar-refractivity contribution >= 4 is 23.5 Å². The molecule has 1 unspecified atom stereocenters. The lowest BCUT2D eigenvalue weighted by molar-refractivity contribution is -0.134. The monoisotopic (exact) mass is 272 g/mol. The first-order valence-corrected chi connectivity index (χ1v) is 6.63. The van der Waals surface area contributed by atoms with Crippen LogP contribution >= 0.6 is 0 Å². The van der Waals surface area contributed by atoms with Crippen LogP contribution in [0.4, 0.5) is 0 Å². The van der Waals surface area contributed by atoms with Crippen molar-refractivity contribution in [1.29, 1.82) is 0 Å². The Bertz CT molecular complexity index is 740. The fourth-order valence-electron chi connectivity index (χ4n) is 2.78. The molecule has 1 aromatic heterocycles. The lowest BCUT2D eigenvalue weighted by atomic mass is 9.91. The Labute approximate surface area is 115 Å². The van der Waals surface area contributed by atoms with Crippen LogP contribution in [0, 0.1) is 0 Å². The Morgan fingerprint density at radius 2 is 2.15 bits per heavy atom. The molecule has 0 saturated carbocycles. The number of furan rings is 1. The summed E-state index contributed by atoms with van der Waals surface area (Å²) in [4.78, 5) is 23.2. The lowest BCUT2D eigenvalue weighted by Gasteiger charge is -2.19. The summed E-state index contributed by atoms with van der Waals surface area (Å²) in [5.41, 5.74) is 9.30. The van der Waals surface area contributed by atoms with Gasteiger partial charge in [-0.1, -0.05) is 0 Å². The predicted octanol–water partition coefficient (Wildman–Crippen LogP) is -0.00280. The third-order valence-corrected chi connectivity index (χ3v) is 3.79. The molecule has 1 aromatic rings. The first-order chi connectivity index (χ1) is 9.56. The molecular formula is C15H16N2O3. The molecule has 5 heteroatoms. The highest BCUT2D eigenvalue weighted by Gasteiger charge is 2.30. The van der Waals surface area contributed by atoms with Gasteiger partial charge >= 0.3 is 0 Å². The largest absolute Gasteiger partial charge is 0.464 e. The van der Waals surface area contributed by atoms with E-state index in [0.717, 1.165) is 27.5 Å². The van der Waals surface area contributed by atoms with Gasteiger partial charge in [0.1, 0.15) is 5.42 Å². The summed E-state index contributed by atoms with van der Waals surface area (Å²) in [7, 11) is 0. The van der Waals surface area contributed by atoms with E-state index in [1.807, 2.05) is 19.1 Å². The second-order valence-electron chi connectivity index (χ2n) is 5.30. The molecule has 0 spiro atoms. The second-order valence-corrected chi connectivity index (χ2v) is 5.30. The zero-order valence-electron chi connectivity index (χ0n) is 11.2. The van der Waals surface area contributed by atoms with E-state index in [2.05, 4.69) is 5.32 Å². The Kier molecular flexibility index (Phi) is 2.97. The van der Waals surface area contributed by atoms with Gasteiger partial charge in [0.2, 0.25) is 11.8 Å². The number of carbonyl (C=O) groups is 2. The molecule has 1 aliphatic heterocycles. The molecule has 104 valence electrons. The molecule has 20 heavy (non-hydrogen) atoms. The van der Waals surface area contributed by atoms with Crippen molar-refractivity contribution in [2.24, 2.45) is 5.73 Å². The summed E-state index contributed by atoms with van der Waals surface area (Å²) in [6.45, 7) is 1.97. The van der Waals surface area contributed by atoms with Gasteiger partial charge in [0.25, 0.3) is 0 Å². The average Bonchev–Trinajstić information content (AvgIpc) is 2.74. The highest BCUT2D eigenvalue weighted by molar-refractivity contribution is 6.00. The second kappa shape index (κ2) is 4.67. The third kappa shape index (κ3) is 2.05. The standard InChI is InChI=1S/C15H16N2O3/c1-8-6-9(16)2-3-10-12(7-20-14(8)10)11-4-5-13(18)17-15(11)19/h2-3,7,11H,4-6,16H2,1H3,(H,17,18,19). The molecule has 3 rings (SSSR count). The SMILES string of the molecule is CC1=c2occ(C3CCC(=O)NC3=O)c2=CC=C(N)C1. The number of hydrogen-bond donors (Lipinski definition) is 2. The van der Waals surface area contributed by atoms with E-state index < -0.39 is 0 Å². The highest BCUT2D eigenvalue weighted by Crippen LogP contribution is 2.22. The molecule has 2 amide bonds. The quantitative estimate of drug-likeness (QED) is 0.705. The first-order valence-electron chi connectivity index (χ1n) is 6.63. The topological polar surface area (TPSA) is 85.3 Å². The summed E-state index contributed by atoms with van der Waals surface area (Å²) in [5, 5.41) is 3.28. The number of nitrogens with one attached hydrogen (secondary N) is 1. The molecule has 0 aromatic carbocycles. The van der Waals surface area contributed by atoms with Gasteiger partial charge in [0.15, 0.2) is 0 Å². The number of hydrogen-bond acceptors (Lipinski definition) is 4. The molecule has 3 N–H and O–H groups in total. The van der Waals surface area contributed by atoms with E-state index in [1.165, 1.54) is 0 Å². The van der Waals surface area contributed by atoms with E-state index >= 15 is 0 Å². The number of fused-ring (bicyclic) bond motifs is 1. The number of piperidine rings is 1. The maximum Gasteiger partial charge on any atom is 0.234 e. The Hall–Kier alpha value is -2.30. The number of imide groups is 1. The van der Waals surface area contributed by atoms with Crippen LogP contribution < -0.4 is 21.7 Å². The molecule has 1 fully saturated rings. The smallest absolute Gasteiger partial charge is 0.234 e. The van der Waals surface area contributed by atoms with Gasteiger partial charge in [-0.2, -0.15) is 0 Å². The fraction of sp³-hybridized carbons (Fsp3) is 0.333. The first kappa shape index (κ1) is 12.7. The molecule has 0 bridgehead atoms. The molecule has 1 saturated heterocycles. The maximum absolute atomic E-state index is 12.0. The maximum atomic E-state index is 12.0. The van der Waals surface area contributed by atoms with Crippen LogP contribution in [-0.4, -0.2) is 11.8 Å². The van der Waals surface area contributed by atoms with Crippen LogP contribution in [-0.2, 0) is 9.59 Å². The average molecular weight is 272 g/mol. The summed E-state index contributed by atoms with van der Waals surface area (Å²) < 4.78 is 5.63. The molecule has 2 heterocycles. The number of amides is 2. The molecule has 0 radical (unpaired) electrons. The zero-order valence-corrected chi connectivity index (χ0v) is 11.2. The van der Waals surface area contributed by atoms with E-state index in [0.29, 0.717) is 19.3 Å². The van der Waals surface area contributed by atoms with Crippen LogP contribution in [0.1, 0.15) is 37.7 Å². The number of carbonyl (C=O) groups excluding carboxylic acids is 2. The van der Waals surface area contributed by atoms with Crippen molar-refractivity contribution < 1.29 is 14.0 Å². The van der Waals surface area contributed by atoms with Crippen molar-refractivity contribution in [2.75, 3.05) is 0 Å². The van der Waals surface area contributed by atoms with E-state index in [-0.39, 0.29) is 17.7 Å². The summed E-state index contributed by atoms with van der Waals surface area (Å²) in [5.74, 6) is -0.800. The minimum absolute atomic E-state index is 0.211. The molecular weight excluding hydrogens is 256 g/mol. The van der Waals surface area contributed by atoms with Gasteiger partial charge in [-0.3, -0.25) is 14.9 Å². The zero-order chi connectivity index (χ0) is 14.3. The number of nitrogens with two attached hydrogens (primary N) is 1. The van der Waals surface area contributed by atoms with E-state index in [4.69, 9.17) is 10.2 Å². The van der Waals surface area contributed by atoms with Crippen LogP contribution in [0.2, 0.25) is 0 Å². The summed E-state index contributed by atoms with van der Waals surface area (Å²) in [6.07, 6.45) is 6.90. The van der Waals surface area contributed by atoms with Crippen LogP contribution in [0.3, 0.4) is 0 Å². The Morgan fingerprint density at radius 3 is 2.90 bits per heavy atom. The predicted molar refractivity (Wildman–Crippen MR) is 73.5 cm³/mol. The highest BCUT2D eigenvalue weighted by atomic mass is 16.3. The van der Waals surface area contributed by atoms with Crippen molar-refractivity contribution in [3.63, 3.8) is 0 Å². The van der Waals surface area contributed by atoms with Crippen LogP contribution in [0.15, 0.2) is 22.5 Å². The van der Waals surface area contributed by atoms with Crippen LogP contribution in [0.5, 0.6) is 0 Å². The van der Waals surface area contributed by atoms with Crippen LogP contribution in [0.25, 0.3) is 11.6 Å². The molecule has 2 aliphatic rings. The van der Waals surface area contributed by atoms with Crippen molar-refractivity contribution in [1.82, 2.24) is 5.32 Å². The third-order valence-electron chi connectivity index (χ3n) is 3.79. The number of rotatable bonds is 1. The van der Waals surface area contributed by atoms with Crippen molar-refractivity contribution in [2.45, 2.75) is 32.1 Å². The van der Waals surface area contributed by atoms with Gasteiger partial charge in [-0.25, -0.2) is 0 Å².